The number of aliphatic hydroxyl groups excluding tert-OH is 5. The molecule has 18 nitrogen and oxygen atoms in total. The largest absolute Gasteiger partial charge is 0.483 e. The summed E-state index contributed by atoms with van der Waals surface area (Å²) in [5, 5.41) is 48.4. The number of H-pyrrole nitrogens is 1. The summed E-state index contributed by atoms with van der Waals surface area (Å²) < 4.78 is 48.5. The Hall–Kier alpha value is -1.34. The Balaban J connectivity index is 1.58. The summed E-state index contributed by atoms with van der Waals surface area (Å²) in [5.41, 5.74) is -1.50. The van der Waals surface area contributed by atoms with Crippen LogP contribution in [0.3, 0.4) is 0 Å². The lowest BCUT2D eigenvalue weighted by Gasteiger charge is -2.39. The first kappa shape index (κ1) is 28.2. The second-order valence-electron chi connectivity index (χ2n) is 7.57. The van der Waals surface area contributed by atoms with Crippen LogP contribution in [0.15, 0.2) is 21.9 Å². The smallest absolute Gasteiger partial charge is 0.394 e. The van der Waals surface area contributed by atoms with Gasteiger partial charge < -0.3 is 44.8 Å². The molecule has 1 aromatic heterocycles. The molecule has 0 bridgehead atoms. The van der Waals surface area contributed by atoms with Gasteiger partial charge in [0.15, 0.2) is 6.29 Å². The fourth-order valence-corrected chi connectivity index (χ4v) is 5.47. The van der Waals surface area contributed by atoms with Crippen LogP contribution in [0.25, 0.3) is 0 Å². The van der Waals surface area contributed by atoms with Crippen LogP contribution >= 0.6 is 15.6 Å². The lowest BCUT2D eigenvalue weighted by Crippen LogP contribution is -2.58. The molecule has 3 heterocycles. The van der Waals surface area contributed by atoms with Gasteiger partial charge >= 0.3 is 21.3 Å². The molecular formula is C15H24N2O16P2. The van der Waals surface area contributed by atoms with E-state index in [4.69, 9.17) is 14.6 Å². The van der Waals surface area contributed by atoms with E-state index in [0.717, 1.165) is 16.8 Å². The molecule has 3 rings (SSSR count). The molecule has 2 saturated heterocycles. The quantitative estimate of drug-likeness (QED) is 0.137. The van der Waals surface area contributed by atoms with Crippen LogP contribution in [-0.4, -0.2) is 101 Å². The molecule has 0 aromatic carbocycles. The Morgan fingerprint density at radius 3 is 2.34 bits per heavy atom. The van der Waals surface area contributed by atoms with Crippen molar-refractivity contribution in [1.29, 1.82) is 0 Å². The maximum Gasteiger partial charge on any atom is 0.483 e. The number of ether oxygens (including phenoxy) is 2. The van der Waals surface area contributed by atoms with E-state index >= 15 is 0 Å². The molecule has 0 amide bonds. The van der Waals surface area contributed by atoms with Crippen molar-refractivity contribution in [3.05, 3.63) is 33.1 Å². The molecule has 0 radical (unpaired) electrons. The van der Waals surface area contributed by atoms with Crippen molar-refractivity contribution in [1.82, 2.24) is 9.55 Å². The van der Waals surface area contributed by atoms with Crippen LogP contribution in [0.5, 0.6) is 0 Å². The van der Waals surface area contributed by atoms with Crippen LogP contribution < -0.4 is 11.2 Å². The van der Waals surface area contributed by atoms with Crippen molar-refractivity contribution in [2.45, 2.75) is 55.6 Å². The number of nitrogens with one attached hydrogen (secondary N) is 1. The van der Waals surface area contributed by atoms with E-state index in [2.05, 4.69) is 13.4 Å². The molecular weight excluding hydrogens is 526 g/mol. The summed E-state index contributed by atoms with van der Waals surface area (Å²) in [6.45, 7) is -1.73. The summed E-state index contributed by atoms with van der Waals surface area (Å²) in [7, 11) is -10.9. The Morgan fingerprint density at radius 2 is 1.71 bits per heavy atom. The first-order valence-electron chi connectivity index (χ1n) is 9.88. The van der Waals surface area contributed by atoms with E-state index < -0.39 is 89.2 Å². The Morgan fingerprint density at radius 1 is 1.03 bits per heavy atom. The van der Waals surface area contributed by atoms with Crippen LogP contribution in [0.2, 0.25) is 0 Å². The molecule has 8 N–H and O–H groups in total. The summed E-state index contributed by atoms with van der Waals surface area (Å²) in [5.74, 6) is 0. The second-order valence-corrected chi connectivity index (χ2v) is 10.6. The highest BCUT2D eigenvalue weighted by Crippen LogP contribution is 2.61. The maximum atomic E-state index is 12.1. The Labute approximate surface area is 195 Å². The predicted molar refractivity (Wildman–Crippen MR) is 107 cm³/mol. The Kier molecular flexibility index (Phi) is 8.84. The highest BCUT2D eigenvalue weighted by atomic mass is 31.3. The van der Waals surface area contributed by atoms with E-state index in [-0.39, 0.29) is 6.42 Å². The van der Waals surface area contributed by atoms with Gasteiger partial charge in [-0.1, -0.05) is 0 Å². The SMILES string of the molecule is O=c1ccn(C2C[C@H](O)[C@@H](COP(=O)(O)OP(=O)(O)OC3O[C@H](CO)[C@H](O)[C@H](O)[C@@H]3O)O2)c(=O)[nH]1. The van der Waals surface area contributed by atoms with Gasteiger partial charge in [0.2, 0.25) is 0 Å². The average Bonchev–Trinajstić information content (AvgIpc) is 3.12. The molecule has 35 heavy (non-hydrogen) atoms. The van der Waals surface area contributed by atoms with Crippen LogP contribution in [0, 0.1) is 0 Å². The third-order valence-electron chi connectivity index (χ3n) is 5.06. The molecule has 10 atom stereocenters. The number of phosphoric acid groups is 2. The van der Waals surface area contributed by atoms with Gasteiger partial charge in [0.05, 0.1) is 19.3 Å². The van der Waals surface area contributed by atoms with E-state index in [0.29, 0.717) is 0 Å². The molecule has 4 unspecified atom stereocenters. The highest BCUT2D eigenvalue weighted by molar-refractivity contribution is 7.61. The third-order valence-corrected chi connectivity index (χ3v) is 7.66. The standard InChI is InChI=1S/C15H24N2O16P2/c18-4-7-11(21)12(22)13(23)14(31-7)32-35(27,28)33-34(25,26)29-5-8-6(19)3-10(30-8)17-2-1-9(20)16-15(17)24/h1-2,6-8,10-14,18-19,21-23H,3-5H2,(H,25,26)(H,27,28)(H,16,20,24)/t6-,7+,8+,10?,11-,12-,13-,14?/m0/s1. The lowest BCUT2D eigenvalue weighted by atomic mass is 10.00. The van der Waals surface area contributed by atoms with E-state index in [9.17, 15) is 48.9 Å². The number of aromatic nitrogens is 2. The zero-order valence-electron chi connectivity index (χ0n) is 17.5. The van der Waals surface area contributed by atoms with Crippen molar-refractivity contribution in [3.8, 4) is 0 Å². The fourth-order valence-electron chi connectivity index (χ4n) is 3.32. The first-order valence-corrected chi connectivity index (χ1v) is 12.9. The van der Waals surface area contributed by atoms with Crippen LogP contribution in [-0.2, 0) is 32.0 Å². The lowest BCUT2D eigenvalue weighted by molar-refractivity contribution is -0.280. The Bertz CT molecular complexity index is 1090. The third kappa shape index (κ3) is 6.91. The zero-order valence-corrected chi connectivity index (χ0v) is 19.3. The fraction of sp³-hybridized carbons (Fsp3) is 0.733. The summed E-state index contributed by atoms with van der Waals surface area (Å²) in [4.78, 5) is 44.5. The summed E-state index contributed by atoms with van der Waals surface area (Å²) >= 11 is 0. The van der Waals surface area contributed by atoms with Gasteiger partial charge in [-0.25, -0.2) is 13.9 Å². The topological polar surface area (TPSA) is 277 Å². The van der Waals surface area contributed by atoms with E-state index in [1.165, 1.54) is 0 Å². The number of phosphoric ester groups is 2. The van der Waals surface area contributed by atoms with Crippen molar-refractivity contribution in [2.24, 2.45) is 0 Å². The van der Waals surface area contributed by atoms with Gasteiger partial charge in [-0.15, -0.1) is 0 Å². The van der Waals surface area contributed by atoms with Crippen molar-refractivity contribution in [3.63, 3.8) is 0 Å². The number of hydrogen-bond donors (Lipinski definition) is 8. The molecule has 0 aliphatic carbocycles. The minimum Gasteiger partial charge on any atom is -0.394 e. The summed E-state index contributed by atoms with van der Waals surface area (Å²) in [6.07, 6.45) is -12.3. The number of hydrogen-bond acceptors (Lipinski definition) is 14. The molecule has 200 valence electrons. The number of rotatable bonds is 9. The molecule has 20 heteroatoms. The number of aliphatic hydroxyl groups is 5. The predicted octanol–water partition coefficient (Wildman–Crippen LogP) is -3.76. The van der Waals surface area contributed by atoms with Gasteiger partial charge in [0.1, 0.15) is 36.7 Å². The monoisotopic (exact) mass is 550 g/mol. The minimum absolute atomic E-state index is 0.171. The van der Waals surface area contributed by atoms with Gasteiger partial charge in [0.25, 0.3) is 5.56 Å². The normalized spacial score (nSPS) is 37.0. The van der Waals surface area contributed by atoms with Crippen LogP contribution in [0.4, 0.5) is 0 Å². The van der Waals surface area contributed by atoms with Crippen molar-refractivity contribution < 1.29 is 67.3 Å². The van der Waals surface area contributed by atoms with Gasteiger partial charge in [-0.05, 0) is 0 Å². The minimum atomic E-state index is -5.53. The molecule has 0 saturated carbocycles. The van der Waals surface area contributed by atoms with Crippen LogP contribution in [0.1, 0.15) is 12.6 Å². The van der Waals surface area contributed by atoms with E-state index in [1.54, 1.807) is 0 Å². The second kappa shape index (κ2) is 11.0. The zero-order chi connectivity index (χ0) is 26.1. The molecule has 2 fully saturated rings. The van der Waals surface area contributed by atoms with E-state index in [1.807, 2.05) is 4.98 Å². The van der Waals surface area contributed by atoms with Crippen molar-refractivity contribution in [2.75, 3.05) is 13.2 Å². The van der Waals surface area contributed by atoms with Crippen molar-refractivity contribution >= 4 is 15.6 Å². The molecule has 2 aliphatic rings. The first-order chi connectivity index (χ1) is 16.2. The summed E-state index contributed by atoms with van der Waals surface area (Å²) in [6, 6.07) is 1.03. The molecule has 1 aromatic rings. The van der Waals surface area contributed by atoms with Gasteiger partial charge in [-0.3, -0.25) is 23.4 Å². The molecule has 0 spiro atoms. The van der Waals surface area contributed by atoms with Gasteiger partial charge in [0, 0.05) is 18.7 Å². The molecule has 2 aliphatic heterocycles. The average molecular weight is 550 g/mol. The number of aromatic amines is 1. The maximum absolute atomic E-state index is 12.1. The van der Waals surface area contributed by atoms with Gasteiger partial charge in [-0.2, -0.15) is 4.31 Å². The highest BCUT2D eigenvalue weighted by Gasteiger charge is 2.48. The number of nitrogens with zero attached hydrogens (tertiary/aromatic N) is 1.